The molecule has 4 aromatic rings. The molecule has 0 aliphatic heterocycles. The number of nitrogens with zero attached hydrogens (tertiary/aromatic N) is 5. The zero-order valence-corrected chi connectivity index (χ0v) is 19.7. The maximum atomic E-state index is 13.8. The van der Waals surface area contributed by atoms with Crippen LogP contribution in [0.4, 0.5) is 4.39 Å². The zero-order chi connectivity index (χ0) is 25.8. The Morgan fingerprint density at radius 3 is 2.73 bits per heavy atom. The predicted octanol–water partition coefficient (Wildman–Crippen LogP) is 2.51. The number of tetrazole rings is 1. The third kappa shape index (κ3) is 5.18. The van der Waals surface area contributed by atoms with Gasteiger partial charge < -0.3 is 10.6 Å². The largest absolute Gasteiger partial charge is 0.347 e. The Bertz CT molecular complexity index is 1540. The highest BCUT2D eigenvalue weighted by atomic mass is 19.1. The van der Waals surface area contributed by atoms with Crippen molar-refractivity contribution in [2.24, 2.45) is 0 Å². The number of benzene rings is 2. The van der Waals surface area contributed by atoms with Gasteiger partial charge in [0, 0.05) is 18.2 Å². The molecule has 0 spiro atoms. The Labute approximate surface area is 211 Å². The minimum atomic E-state index is -0.482. The van der Waals surface area contributed by atoms with Crippen LogP contribution in [0.5, 0.6) is 0 Å². The molecule has 0 radical (unpaired) electrons. The van der Waals surface area contributed by atoms with Gasteiger partial charge in [0.1, 0.15) is 23.5 Å². The Balaban J connectivity index is 1.24. The Hall–Kier alpha value is -4.98. The molecular formula is C26H21FN8O2. The number of carbonyl (C=O) groups is 2. The van der Waals surface area contributed by atoms with E-state index < -0.39 is 17.6 Å². The summed E-state index contributed by atoms with van der Waals surface area (Å²) in [5, 5.41) is 19.8. The lowest BCUT2D eigenvalue weighted by atomic mass is 10.0. The van der Waals surface area contributed by atoms with E-state index in [1.54, 1.807) is 19.1 Å². The smallest absolute Gasteiger partial charge is 0.270 e. The normalized spacial score (nSPS) is 13.8. The van der Waals surface area contributed by atoms with Crippen molar-refractivity contribution >= 4 is 11.8 Å². The maximum absolute atomic E-state index is 13.8. The second-order valence-corrected chi connectivity index (χ2v) is 8.37. The van der Waals surface area contributed by atoms with E-state index in [-0.39, 0.29) is 29.5 Å². The molecule has 0 saturated heterocycles. The zero-order valence-electron chi connectivity index (χ0n) is 19.7. The maximum Gasteiger partial charge on any atom is 0.270 e. The minimum Gasteiger partial charge on any atom is -0.347 e. The molecule has 11 heteroatoms. The van der Waals surface area contributed by atoms with E-state index in [0.717, 1.165) is 29.5 Å². The summed E-state index contributed by atoms with van der Waals surface area (Å²) in [6, 6.07) is 11.5. The molecule has 0 bridgehead atoms. The van der Waals surface area contributed by atoms with E-state index in [1.165, 1.54) is 18.5 Å². The number of rotatable bonds is 6. The van der Waals surface area contributed by atoms with E-state index in [2.05, 4.69) is 53.1 Å². The summed E-state index contributed by atoms with van der Waals surface area (Å²) >= 11 is 0. The predicted molar refractivity (Wildman–Crippen MR) is 130 cm³/mol. The third-order valence-corrected chi connectivity index (χ3v) is 6.01. The van der Waals surface area contributed by atoms with Gasteiger partial charge in [0.05, 0.1) is 11.6 Å². The highest BCUT2D eigenvalue weighted by molar-refractivity contribution is 5.97. The lowest BCUT2D eigenvalue weighted by molar-refractivity contribution is 0.0931. The van der Waals surface area contributed by atoms with Crippen LogP contribution in [0.2, 0.25) is 0 Å². The first-order valence-electron chi connectivity index (χ1n) is 11.5. The van der Waals surface area contributed by atoms with Crippen LogP contribution in [0.25, 0.3) is 11.4 Å². The van der Waals surface area contributed by atoms with E-state index in [1.807, 2.05) is 18.2 Å². The summed E-state index contributed by atoms with van der Waals surface area (Å²) in [5.74, 6) is 4.55. The van der Waals surface area contributed by atoms with Crippen molar-refractivity contribution in [2.45, 2.75) is 32.4 Å². The Morgan fingerprint density at radius 1 is 1.11 bits per heavy atom. The second-order valence-electron chi connectivity index (χ2n) is 8.37. The number of H-pyrrole nitrogens is 1. The van der Waals surface area contributed by atoms with Crippen molar-refractivity contribution in [2.75, 3.05) is 0 Å². The molecular weight excluding hydrogens is 475 g/mol. The number of aryl methyl sites for hydroxylation is 1. The molecule has 37 heavy (non-hydrogen) atoms. The number of halogens is 1. The van der Waals surface area contributed by atoms with Gasteiger partial charge >= 0.3 is 0 Å². The van der Waals surface area contributed by atoms with E-state index in [0.29, 0.717) is 11.4 Å². The van der Waals surface area contributed by atoms with Crippen molar-refractivity contribution in [1.82, 2.24) is 41.2 Å². The third-order valence-electron chi connectivity index (χ3n) is 6.01. The van der Waals surface area contributed by atoms with Crippen LogP contribution < -0.4 is 10.6 Å². The first-order valence-corrected chi connectivity index (χ1v) is 11.5. The SMILES string of the molecule is CC#Cc1cc(CNC(=O)c2cc(C(=O)N[C@H]3CCc4cc(-c5nn[nH]n5)ccc43)ncn2)ccc1F. The molecule has 2 aromatic carbocycles. The number of fused-ring (bicyclic) bond motifs is 1. The molecule has 0 unspecified atom stereocenters. The van der Waals surface area contributed by atoms with Crippen molar-refractivity contribution in [3.63, 3.8) is 0 Å². The number of hydrogen-bond acceptors (Lipinski definition) is 7. The average Bonchev–Trinajstić information content (AvgIpc) is 3.59. The Morgan fingerprint density at radius 2 is 1.95 bits per heavy atom. The molecule has 1 aliphatic carbocycles. The van der Waals surface area contributed by atoms with Gasteiger partial charge in [0.25, 0.3) is 11.8 Å². The lowest BCUT2D eigenvalue weighted by Crippen LogP contribution is -2.29. The van der Waals surface area contributed by atoms with Crippen LogP contribution in [0.1, 0.15) is 62.6 Å². The van der Waals surface area contributed by atoms with E-state index >= 15 is 0 Å². The molecule has 1 atom stereocenters. The highest BCUT2D eigenvalue weighted by Gasteiger charge is 2.26. The number of aromatic nitrogens is 6. The van der Waals surface area contributed by atoms with Crippen molar-refractivity contribution < 1.29 is 14.0 Å². The van der Waals surface area contributed by atoms with Gasteiger partial charge in [-0.15, -0.1) is 16.1 Å². The fraction of sp³-hybridized carbons (Fsp3) is 0.192. The van der Waals surface area contributed by atoms with Gasteiger partial charge in [-0.05, 0) is 59.9 Å². The van der Waals surface area contributed by atoms with E-state index in [4.69, 9.17) is 0 Å². The molecule has 184 valence electrons. The molecule has 1 aliphatic rings. The van der Waals surface area contributed by atoms with Gasteiger partial charge in [0.15, 0.2) is 0 Å². The van der Waals surface area contributed by atoms with Crippen molar-refractivity contribution in [3.05, 3.63) is 88.3 Å². The minimum absolute atomic E-state index is 0.0485. The standard InChI is InChI=1S/C26H21FN8O2/c1-2-3-17-10-15(4-8-20(17)27)13-28-25(36)22-12-23(30-14-29-22)26(37)31-21-9-6-16-11-18(5-7-19(16)21)24-32-34-35-33-24/h4-5,7-8,10-12,14,21H,6,9,13H2,1H3,(H,28,36)(H,31,37)(H,32,33,34,35)/t21-/m0/s1. The summed E-state index contributed by atoms with van der Waals surface area (Å²) in [5.41, 5.74) is 4.03. The summed E-state index contributed by atoms with van der Waals surface area (Å²) < 4.78 is 13.8. The number of nitrogens with one attached hydrogen (secondary N) is 3. The van der Waals surface area contributed by atoms with Crippen LogP contribution in [0, 0.1) is 17.7 Å². The molecule has 2 amide bonds. The second kappa shape index (κ2) is 10.3. The van der Waals surface area contributed by atoms with Crippen LogP contribution in [0.15, 0.2) is 48.8 Å². The monoisotopic (exact) mass is 496 g/mol. The summed E-state index contributed by atoms with van der Waals surface area (Å²) in [6.45, 7) is 1.77. The fourth-order valence-corrected chi connectivity index (χ4v) is 4.21. The van der Waals surface area contributed by atoms with Crippen LogP contribution in [-0.4, -0.2) is 42.4 Å². The van der Waals surface area contributed by atoms with Gasteiger partial charge in [-0.2, -0.15) is 5.21 Å². The first kappa shape index (κ1) is 23.7. The van der Waals surface area contributed by atoms with E-state index in [9.17, 15) is 14.0 Å². The summed E-state index contributed by atoms with van der Waals surface area (Å²) in [4.78, 5) is 33.6. The van der Waals surface area contributed by atoms with Gasteiger partial charge in [-0.25, -0.2) is 14.4 Å². The molecule has 2 heterocycles. The number of amides is 2. The quantitative estimate of drug-likeness (QED) is 0.349. The van der Waals surface area contributed by atoms with Crippen LogP contribution >= 0.6 is 0 Å². The average molecular weight is 497 g/mol. The fourth-order valence-electron chi connectivity index (χ4n) is 4.21. The lowest BCUT2D eigenvalue weighted by Gasteiger charge is -2.14. The molecule has 3 N–H and O–H groups in total. The molecule has 10 nitrogen and oxygen atoms in total. The topological polar surface area (TPSA) is 138 Å². The van der Waals surface area contributed by atoms with Crippen LogP contribution in [0.3, 0.4) is 0 Å². The number of hydrogen-bond donors (Lipinski definition) is 3. The van der Waals surface area contributed by atoms with Crippen LogP contribution in [-0.2, 0) is 13.0 Å². The molecule has 5 rings (SSSR count). The van der Waals surface area contributed by atoms with Gasteiger partial charge in [0.2, 0.25) is 5.82 Å². The highest BCUT2D eigenvalue weighted by Crippen LogP contribution is 2.33. The summed E-state index contributed by atoms with van der Waals surface area (Å²) in [7, 11) is 0. The summed E-state index contributed by atoms with van der Waals surface area (Å²) in [6.07, 6.45) is 2.70. The van der Waals surface area contributed by atoms with Crippen molar-refractivity contribution in [1.29, 1.82) is 0 Å². The van der Waals surface area contributed by atoms with Gasteiger partial charge in [-0.3, -0.25) is 9.59 Å². The molecule has 0 fully saturated rings. The first-order chi connectivity index (χ1) is 18.0. The van der Waals surface area contributed by atoms with Crippen molar-refractivity contribution in [3.8, 4) is 23.2 Å². The Kier molecular flexibility index (Phi) is 6.63. The molecule has 0 saturated carbocycles. The number of carbonyl (C=O) groups excluding carboxylic acids is 2. The van der Waals surface area contributed by atoms with Gasteiger partial charge in [-0.1, -0.05) is 24.1 Å². The number of aromatic amines is 1. The molecule has 2 aromatic heterocycles.